The molecule has 0 aliphatic heterocycles. The Labute approximate surface area is 183 Å². The molecule has 2 N–H and O–H groups in total. The van der Waals surface area contributed by atoms with E-state index in [1.54, 1.807) is 31.5 Å². The molecule has 1 aliphatic rings. The molecular weight excluding hydrogens is 423 g/mol. The van der Waals surface area contributed by atoms with Crippen molar-refractivity contribution in [3.05, 3.63) is 59.9 Å². The van der Waals surface area contributed by atoms with Crippen LogP contribution in [0.15, 0.2) is 47.2 Å². The first kappa shape index (κ1) is 22.0. The van der Waals surface area contributed by atoms with Gasteiger partial charge in [-0.1, -0.05) is 12.1 Å². The van der Waals surface area contributed by atoms with Gasteiger partial charge in [0.25, 0.3) is 5.91 Å². The number of aryl methyl sites for hydroxylation is 1. The maximum Gasteiger partial charge on any atom is 0.573 e. The number of ether oxygens (including phenoxy) is 1. The van der Waals surface area contributed by atoms with Crippen molar-refractivity contribution < 1.29 is 27.1 Å². The molecule has 170 valence electrons. The van der Waals surface area contributed by atoms with E-state index in [4.69, 9.17) is 4.42 Å². The second-order valence-corrected chi connectivity index (χ2v) is 8.08. The summed E-state index contributed by atoms with van der Waals surface area (Å²) in [4.78, 5) is 20.2. The van der Waals surface area contributed by atoms with Crippen molar-refractivity contribution >= 4 is 5.91 Å². The Balaban J connectivity index is 1.43. The van der Waals surface area contributed by atoms with Crippen molar-refractivity contribution in [1.82, 2.24) is 15.3 Å². The Morgan fingerprint density at radius 2 is 2.00 bits per heavy atom. The molecule has 4 rings (SSSR count). The van der Waals surface area contributed by atoms with E-state index in [0.717, 1.165) is 31.6 Å². The van der Waals surface area contributed by atoms with E-state index in [1.807, 2.05) is 0 Å². The summed E-state index contributed by atoms with van der Waals surface area (Å²) in [5.74, 6) is 0.705. The minimum atomic E-state index is -4.83. The highest BCUT2D eigenvalue weighted by Gasteiger charge is 2.33. The zero-order valence-corrected chi connectivity index (χ0v) is 17.5. The lowest BCUT2D eigenvalue weighted by Crippen LogP contribution is -2.31. The molecule has 0 spiro atoms. The predicted octanol–water partition coefficient (Wildman–Crippen LogP) is 5.58. The van der Waals surface area contributed by atoms with Crippen molar-refractivity contribution in [3.63, 3.8) is 0 Å². The molecule has 1 aromatic carbocycles. The van der Waals surface area contributed by atoms with Crippen molar-refractivity contribution in [3.8, 4) is 17.0 Å². The number of hydrogen-bond donors (Lipinski definition) is 2. The standard InChI is InChI=1S/C23H24F3N3O3/c1-14-12-18(20(29-14)17-4-2-3-5-19(17)32-23(24,25)26)21(30)28-13-15-6-8-16(9-7-15)22-27-10-11-31-22/h2-5,10-12,15-16,29H,6-9,13H2,1H3,(H,28,30). The van der Waals surface area contributed by atoms with Crippen LogP contribution in [0.3, 0.4) is 0 Å². The van der Waals surface area contributed by atoms with Crippen LogP contribution >= 0.6 is 0 Å². The smallest absolute Gasteiger partial charge is 0.449 e. The fourth-order valence-corrected chi connectivity index (χ4v) is 4.25. The minimum absolute atomic E-state index is 0.175. The number of halogens is 3. The van der Waals surface area contributed by atoms with Gasteiger partial charge in [-0.2, -0.15) is 0 Å². The average Bonchev–Trinajstić information content (AvgIpc) is 3.42. The van der Waals surface area contributed by atoms with Crippen LogP contribution in [0.5, 0.6) is 5.75 Å². The summed E-state index contributed by atoms with van der Waals surface area (Å²) in [5.41, 5.74) is 1.43. The Morgan fingerprint density at radius 3 is 2.69 bits per heavy atom. The van der Waals surface area contributed by atoms with E-state index >= 15 is 0 Å². The van der Waals surface area contributed by atoms with Gasteiger partial charge in [-0.25, -0.2) is 4.98 Å². The molecule has 0 radical (unpaired) electrons. The number of nitrogens with one attached hydrogen (secondary N) is 2. The molecule has 1 aliphatic carbocycles. The van der Waals surface area contributed by atoms with Gasteiger partial charge >= 0.3 is 6.36 Å². The van der Waals surface area contributed by atoms with Gasteiger partial charge in [0, 0.05) is 23.7 Å². The molecule has 0 saturated heterocycles. The molecule has 2 heterocycles. The fraction of sp³-hybridized carbons (Fsp3) is 0.391. The molecule has 1 saturated carbocycles. The molecular formula is C23H24F3N3O3. The molecule has 9 heteroatoms. The van der Waals surface area contributed by atoms with Crippen LogP contribution in [-0.2, 0) is 0 Å². The maximum absolute atomic E-state index is 12.9. The zero-order valence-electron chi connectivity index (χ0n) is 17.5. The van der Waals surface area contributed by atoms with Gasteiger partial charge in [-0.15, -0.1) is 13.2 Å². The molecule has 0 bridgehead atoms. The predicted molar refractivity (Wildman–Crippen MR) is 111 cm³/mol. The van der Waals surface area contributed by atoms with E-state index in [2.05, 4.69) is 20.0 Å². The first-order valence-corrected chi connectivity index (χ1v) is 10.5. The number of carbonyl (C=O) groups excluding carboxylic acids is 1. The van der Waals surface area contributed by atoms with E-state index in [9.17, 15) is 18.0 Å². The highest BCUT2D eigenvalue weighted by Crippen LogP contribution is 2.36. The SMILES string of the molecule is Cc1cc(C(=O)NCC2CCC(c3ncco3)CC2)c(-c2ccccc2OC(F)(F)F)[nH]1. The van der Waals surface area contributed by atoms with Crippen LogP contribution in [0.2, 0.25) is 0 Å². The van der Waals surface area contributed by atoms with Crippen molar-refractivity contribution in [2.45, 2.75) is 44.9 Å². The van der Waals surface area contributed by atoms with Gasteiger partial charge in [0.05, 0.1) is 17.5 Å². The summed E-state index contributed by atoms with van der Waals surface area (Å²) < 4.78 is 48.0. The minimum Gasteiger partial charge on any atom is -0.449 e. The van der Waals surface area contributed by atoms with E-state index in [0.29, 0.717) is 29.8 Å². The summed E-state index contributed by atoms with van der Waals surface area (Å²) in [6.45, 7) is 2.25. The second-order valence-electron chi connectivity index (χ2n) is 8.08. The number of aromatic amines is 1. The third-order valence-corrected chi connectivity index (χ3v) is 5.78. The van der Waals surface area contributed by atoms with E-state index in [1.165, 1.54) is 18.2 Å². The third kappa shape index (κ3) is 5.15. The summed E-state index contributed by atoms with van der Waals surface area (Å²) in [7, 11) is 0. The number of alkyl halides is 3. The molecule has 1 fully saturated rings. The first-order valence-electron chi connectivity index (χ1n) is 10.5. The lowest BCUT2D eigenvalue weighted by Gasteiger charge is -2.26. The highest BCUT2D eigenvalue weighted by molar-refractivity contribution is 6.01. The number of rotatable bonds is 6. The fourth-order valence-electron chi connectivity index (χ4n) is 4.25. The van der Waals surface area contributed by atoms with Crippen LogP contribution in [-0.4, -0.2) is 28.8 Å². The van der Waals surface area contributed by atoms with Gasteiger partial charge in [-0.05, 0) is 56.7 Å². The van der Waals surface area contributed by atoms with Gasteiger partial charge in [-0.3, -0.25) is 4.79 Å². The molecule has 2 aromatic heterocycles. The zero-order chi connectivity index (χ0) is 22.7. The second kappa shape index (κ2) is 9.10. The lowest BCUT2D eigenvalue weighted by atomic mass is 9.82. The van der Waals surface area contributed by atoms with Crippen LogP contribution in [0.4, 0.5) is 13.2 Å². The summed E-state index contributed by atoms with van der Waals surface area (Å²) in [6, 6.07) is 7.41. The summed E-state index contributed by atoms with van der Waals surface area (Å²) >= 11 is 0. The highest BCUT2D eigenvalue weighted by atomic mass is 19.4. The number of carbonyl (C=O) groups is 1. The average molecular weight is 447 g/mol. The Bertz CT molecular complexity index is 1050. The van der Waals surface area contributed by atoms with Gasteiger partial charge in [0.1, 0.15) is 12.0 Å². The third-order valence-electron chi connectivity index (χ3n) is 5.78. The number of nitrogens with zero attached hydrogens (tertiary/aromatic N) is 1. The number of benzene rings is 1. The summed E-state index contributed by atoms with van der Waals surface area (Å²) in [6.07, 6.45) is 2.16. The van der Waals surface area contributed by atoms with Crippen LogP contribution in [0, 0.1) is 12.8 Å². The Morgan fingerprint density at radius 1 is 1.25 bits per heavy atom. The number of hydrogen-bond acceptors (Lipinski definition) is 4. The van der Waals surface area contributed by atoms with Crippen molar-refractivity contribution in [2.75, 3.05) is 6.54 Å². The van der Waals surface area contributed by atoms with Crippen molar-refractivity contribution in [2.24, 2.45) is 5.92 Å². The topological polar surface area (TPSA) is 80.2 Å². The molecule has 6 nitrogen and oxygen atoms in total. The normalized spacial score (nSPS) is 19.0. The Hall–Kier alpha value is -3.23. The molecule has 3 aromatic rings. The summed E-state index contributed by atoms with van der Waals surface area (Å²) in [5, 5.41) is 2.95. The number of para-hydroxylation sites is 1. The Kier molecular flexibility index (Phi) is 6.25. The largest absolute Gasteiger partial charge is 0.573 e. The van der Waals surface area contributed by atoms with E-state index in [-0.39, 0.29) is 22.8 Å². The monoisotopic (exact) mass is 447 g/mol. The lowest BCUT2D eigenvalue weighted by molar-refractivity contribution is -0.274. The quantitative estimate of drug-likeness (QED) is 0.517. The molecule has 0 unspecified atom stereocenters. The van der Waals surface area contributed by atoms with Crippen LogP contribution in [0.25, 0.3) is 11.3 Å². The molecule has 1 amide bonds. The number of amides is 1. The van der Waals surface area contributed by atoms with Gasteiger partial charge in [0.15, 0.2) is 5.89 Å². The van der Waals surface area contributed by atoms with E-state index < -0.39 is 6.36 Å². The van der Waals surface area contributed by atoms with Gasteiger partial charge in [0.2, 0.25) is 0 Å². The molecule has 32 heavy (non-hydrogen) atoms. The van der Waals surface area contributed by atoms with Crippen LogP contribution in [0.1, 0.15) is 53.5 Å². The molecule has 0 atom stereocenters. The number of H-pyrrole nitrogens is 1. The van der Waals surface area contributed by atoms with Crippen LogP contribution < -0.4 is 10.1 Å². The van der Waals surface area contributed by atoms with Gasteiger partial charge < -0.3 is 19.5 Å². The maximum atomic E-state index is 12.9. The number of aromatic nitrogens is 2. The first-order chi connectivity index (χ1) is 15.3. The number of oxazole rings is 1. The van der Waals surface area contributed by atoms with Crippen molar-refractivity contribution in [1.29, 1.82) is 0 Å².